The maximum atomic E-state index is 12.7. The molecule has 1 N–H and O–H groups in total. The molecule has 1 saturated heterocycles. The molecule has 0 aliphatic carbocycles. The third-order valence-corrected chi connectivity index (χ3v) is 5.16. The number of hydrogen-bond donors (Lipinski definition) is 1. The van der Waals surface area contributed by atoms with Gasteiger partial charge >= 0.3 is 12.2 Å². The molecular weight excluding hydrogens is 435 g/mol. The van der Waals surface area contributed by atoms with Crippen LogP contribution in [0.25, 0.3) is 6.08 Å². The molecule has 2 aromatic heterocycles. The Morgan fingerprint density at radius 2 is 1.94 bits per heavy atom. The van der Waals surface area contributed by atoms with Crippen LogP contribution < -0.4 is 10.1 Å². The van der Waals surface area contributed by atoms with Crippen LogP contribution in [0.1, 0.15) is 24.0 Å². The number of piperidine rings is 1. The number of pyridine rings is 1. The van der Waals surface area contributed by atoms with E-state index in [1.165, 1.54) is 11.6 Å². The molecule has 1 aliphatic rings. The minimum atomic E-state index is -4.44. The summed E-state index contributed by atoms with van der Waals surface area (Å²) in [7, 11) is 1.79. The van der Waals surface area contributed by atoms with Gasteiger partial charge in [-0.05, 0) is 36.6 Å². The van der Waals surface area contributed by atoms with Crippen molar-refractivity contribution in [2.75, 3.05) is 18.4 Å². The summed E-state index contributed by atoms with van der Waals surface area (Å²) in [5.74, 6) is 1.08. The van der Waals surface area contributed by atoms with Gasteiger partial charge in [0, 0.05) is 44.7 Å². The molecule has 3 heterocycles. The Morgan fingerprint density at radius 1 is 1.15 bits per heavy atom. The lowest BCUT2D eigenvalue weighted by molar-refractivity contribution is -0.137. The van der Waals surface area contributed by atoms with E-state index in [-0.39, 0.29) is 11.9 Å². The van der Waals surface area contributed by atoms with Gasteiger partial charge in [-0.1, -0.05) is 23.8 Å². The van der Waals surface area contributed by atoms with Crippen LogP contribution in [0.3, 0.4) is 0 Å². The zero-order valence-corrected chi connectivity index (χ0v) is 17.8. The first kappa shape index (κ1) is 22.4. The first-order valence-electron chi connectivity index (χ1n) is 10.3. The summed E-state index contributed by atoms with van der Waals surface area (Å²) in [4.78, 5) is 17.9. The molecule has 4 rings (SSSR count). The molecule has 1 aromatic carbocycles. The van der Waals surface area contributed by atoms with Crippen LogP contribution in [-0.4, -0.2) is 38.8 Å². The van der Waals surface area contributed by atoms with Gasteiger partial charge in [0.15, 0.2) is 5.82 Å². The van der Waals surface area contributed by atoms with E-state index >= 15 is 0 Å². The van der Waals surface area contributed by atoms with Crippen molar-refractivity contribution in [2.24, 2.45) is 7.05 Å². The van der Waals surface area contributed by atoms with Gasteiger partial charge in [-0.2, -0.15) is 18.3 Å². The van der Waals surface area contributed by atoms with Crippen molar-refractivity contribution < 1.29 is 22.7 Å². The number of rotatable bonds is 4. The fraction of sp³-hybridized carbons (Fsp3) is 0.261. The molecule has 0 radical (unpaired) electrons. The van der Waals surface area contributed by atoms with E-state index in [0.717, 1.165) is 30.7 Å². The Hall–Kier alpha value is -3.82. The number of nitrogens with one attached hydrogen (secondary N) is 1. The van der Waals surface area contributed by atoms with Crippen molar-refractivity contribution in [1.82, 2.24) is 19.7 Å². The predicted octanol–water partition coefficient (Wildman–Crippen LogP) is 5.34. The van der Waals surface area contributed by atoms with Gasteiger partial charge in [0.2, 0.25) is 5.88 Å². The third kappa shape index (κ3) is 5.91. The predicted molar refractivity (Wildman–Crippen MR) is 117 cm³/mol. The maximum absolute atomic E-state index is 12.7. The number of aromatic nitrogens is 3. The monoisotopic (exact) mass is 457 g/mol. The highest BCUT2D eigenvalue weighted by atomic mass is 19.4. The molecule has 1 aliphatic heterocycles. The third-order valence-electron chi connectivity index (χ3n) is 5.16. The number of carbonyl (C=O) groups is 1. The molecule has 0 spiro atoms. The van der Waals surface area contributed by atoms with Crippen LogP contribution in [0.2, 0.25) is 0 Å². The standard InChI is InChI=1S/C23H22F3N5O2/c1-30-10-9-20(29-30)28-22(32)31-11-7-16(8-12-31)13-17-3-2-4-19(14-17)33-21-6-5-18(15-27-21)23(24,25)26/h2-6,9-10,13-15H,7-8,11-12H2,1H3,(H,28,29,32). The summed E-state index contributed by atoms with van der Waals surface area (Å²) < 4.78 is 45.2. The normalized spacial score (nSPS) is 14.2. The van der Waals surface area contributed by atoms with E-state index in [2.05, 4.69) is 15.4 Å². The number of hydrogen-bond acceptors (Lipinski definition) is 4. The van der Waals surface area contributed by atoms with Crippen molar-refractivity contribution >= 4 is 17.9 Å². The van der Waals surface area contributed by atoms with Gasteiger partial charge in [0.1, 0.15) is 5.75 Å². The van der Waals surface area contributed by atoms with Gasteiger partial charge in [0.25, 0.3) is 0 Å². The number of alkyl halides is 3. The highest BCUT2D eigenvalue weighted by molar-refractivity contribution is 5.88. The number of amides is 2. The smallest absolute Gasteiger partial charge is 0.417 e. The van der Waals surface area contributed by atoms with Crippen LogP contribution in [0.15, 0.2) is 60.4 Å². The number of likely N-dealkylation sites (tertiary alicyclic amines) is 1. The highest BCUT2D eigenvalue weighted by Crippen LogP contribution is 2.30. The molecule has 0 saturated carbocycles. The lowest BCUT2D eigenvalue weighted by Gasteiger charge is -2.28. The van der Waals surface area contributed by atoms with Gasteiger partial charge in [-0.3, -0.25) is 10.00 Å². The Kier molecular flexibility index (Phi) is 6.34. The number of aryl methyl sites for hydroxylation is 1. The summed E-state index contributed by atoms with van der Waals surface area (Å²) in [5, 5.41) is 6.94. The number of anilines is 1. The quantitative estimate of drug-likeness (QED) is 0.574. The summed E-state index contributed by atoms with van der Waals surface area (Å²) in [5.41, 5.74) is 1.27. The van der Waals surface area contributed by atoms with Gasteiger partial charge in [0.05, 0.1) is 5.56 Å². The number of nitrogens with zero attached hydrogens (tertiary/aromatic N) is 4. The van der Waals surface area contributed by atoms with E-state index in [0.29, 0.717) is 24.7 Å². The fourth-order valence-corrected chi connectivity index (χ4v) is 3.44. The first-order valence-corrected chi connectivity index (χ1v) is 10.3. The van der Waals surface area contributed by atoms with E-state index in [9.17, 15) is 18.0 Å². The van der Waals surface area contributed by atoms with E-state index in [1.54, 1.807) is 47.1 Å². The van der Waals surface area contributed by atoms with E-state index in [1.807, 2.05) is 12.1 Å². The van der Waals surface area contributed by atoms with Crippen molar-refractivity contribution in [2.45, 2.75) is 19.0 Å². The lowest BCUT2D eigenvalue weighted by atomic mass is 10.0. The van der Waals surface area contributed by atoms with Crippen LogP contribution >= 0.6 is 0 Å². The van der Waals surface area contributed by atoms with Crippen LogP contribution in [0.4, 0.5) is 23.8 Å². The average Bonchev–Trinajstić information content (AvgIpc) is 3.19. The molecular formula is C23H22F3N5O2. The van der Waals surface area contributed by atoms with E-state index in [4.69, 9.17) is 4.74 Å². The summed E-state index contributed by atoms with van der Waals surface area (Å²) in [6.45, 7) is 1.19. The van der Waals surface area contributed by atoms with Crippen LogP contribution in [0.5, 0.6) is 11.6 Å². The summed E-state index contributed by atoms with van der Waals surface area (Å²) >= 11 is 0. The van der Waals surface area contributed by atoms with Crippen molar-refractivity contribution in [3.05, 3.63) is 71.6 Å². The van der Waals surface area contributed by atoms with Gasteiger partial charge < -0.3 is 9.64 Å². The minimum absolute atomic E-state index is 0.0834. The lowest BCUT2D eigenvalue weighted by Crippen LogP contribution is -2.39. The topological polar surface area (TPSA) is 72.3 Å². The summed E-state index contributed by atoms with van der Waals surface area (Å²) in [6.07, 6.45) is 1.59. The molecule has 1 fully saturated rings. The second-order valence-electron chi connectivity index (χ2n) is 7.65. The Morgan fingerprint density at radius 3 is 2.58 bits per heavy atom. The molecule has 0 unspecified atom stereocenters. The second-order valence-corrected chi connectivity index (χ2v) is 7.65. The first-order chi connectivity index (χ1) is 15.8. The zero-order valence-electron chi connectivity index (χ0n) is 17.8. The highest BCUT2D eigenvalue weighted by Gasteiger charge is 2.30. The molecule has 0 atom stereocenters. The maximum Gasteiger partial charge on any atom is 0.417 e. The van der Waals surface area contributed by atoms with Crippen LogP contribution in [-0.2, 0) is 13.2 Å². The Balaban J connectivity index is 1.34. The van der Waals surface area contributed by atoms with Crippen LogP contribution in [0, 0.1) is 0 Å². The van der Waals surface area contributed by atoms with Gasteiger partial charge in [-0.15, -0.1) is 0 Å². The second kappa shape index (κ2) is 9.35. The van der Waals surface area contributed by atoms with Gasteiger partial charge in [-0.25, -0.2) is 9.78 Å². The number of carbonyl (C=O) groups excluding carboxylic acids is 1. The SMILES string of the molecule is Cn1ccc(NC(=O)N2CCC(=Cc3cccc(Oc4ccc(C(F)(F)F)cn4)c3)CC2)n1. The van der Waals surface area contributed by atoms with Crippen molar-refractivity contribution in [3.8, 4) is 11.6 Å². The molecule has 0 bridgehead atoms. The number of benzene rings is 1. The summed E-state index contributed by atoms with van der Waals surface area (Å²) in [6, 6.07) is 10.9. The average molecular weight is 457 g/mol. The molecule has 2 amide bonds. The minimum Gasteiger partial charge on any atom is -0.439 e. The number of halogens is 3. The van der Waals surface area contributed by atoms with Crippen molar-refractivity contribution in [3.63, 3.8) is 0 Å². The Labute approximate surface area is 188 Å². The Bertz CT molecular complexity index is 1150. The van der Waals surface area contributed by atoms with Crippen molar-refractivity contribution in [1.29, 1.82) is 0 Å². The fourth-order valence-electron chi connectivity index (χ4n) is 3.44. The molecule has 10 heteroatoms. The number of ether oxygens (including phenoxy) is 1. The zero-order chi connectivity index (χ0) is 23.4. The largest absolute Gasteiger partial charge is 0.439 e. The van der Waals surface area contributed by atoms with E-state index < -0.39 is 11.7 Å². The molecule has 7 nitrogen and oxygen atoms in total. The number of urea groups is 1. The molecule has 3 aromatic rings. The molecule has 172 valence electrons. The molecule has 33 heavy (non-hydrogen) atoms.